The van der Waals surface area contributed by atoms with E-state index in [1.807, 2.05) is 0 Å². The summed E-state index contributed by atoms with van der Waals surface area (Å²) in [6, 6.07) is 5.68. The van der Waals surface area contributed by atoms with Gasteiger partial charge in [0.15, 0.2) is 11.6 Å². The van der Waals surface area contributed by atoms with Gasteiger partial charge in [0.25, 0.3) is 5.56 Å². The summed E-state index contributed by atoms with van der Waals surface area (Å²) in [4.78, 5) is 23.3. The summed E-state index contributed by atoms with van der Waals surface area (Å²) in [5.41, 5.74) is -0.504. The van der Waals surface area contributed by atoms with Crippen LogP contribution in [0.5, 0.6) is 5.75 Å². The first-order valence-corrected chi connectivity index (χ1v) is 6.53. The predicted molar refractivity (Wildman–Crippen MR) is 75.4 cm³/mol. The number of aromatic nitrogens is 2. The van der Waals surface area contributed by atoms with Crippen molar-refractivity contribution >= 4 is 15.9 Å². The van der Waals surface area contributed by atoms with E-state index in [0.717, 1.165) is 4.57 Å². The number of hydrogen-bond donors (Lipinski definition) is 0. The maximum Gasteiger partial charge on any atom is 0.330 e. The van der Waals surface area contributed by atoms with Crippen molar-refractivity contribution in [3.8, 4) is 5.75 Å². The molecule has 7 heteroatoms. The van der Waals surface area contributed by atoms with Gasteiger partial charge in [-0.15, -0.1) is 0 Å². The zero-order valence-electron chi connectivity index (χ0n) is 10.9. The Bertz CT molecular complexity index is 767. The second-order valence-corrected chi connectivity index (χ2v) is 5.15. The van der Waals surface area contributed by atoms with E-state index < -0.39 is 17.1 Å². The molecule has 1 heterocycles. The van der Waals surface area contributed by atoms with Gasteiger partial charge in [0.05, 0.1) is 5.69 Å². The van der Waals surface area contributed by atoms with Crippen LogP contribution in [0.1, 0.15) is 5.69 Å². The highest BCUT2D eigenvalue weighted by Gasteiger charge is 2.08. The Morgan fingerprint density at radius 1 is 1.20 bits per heavy atom. The standard InChI is InChI=1S/C13H12BrFN2O3/c1-16-9(6-12(18)17(2)13(16)19)7-20-11-4-3-8(14)5-10(11)15/h3-6H,7H2,1-2H3. The average Bonchev–Trinajstić information content (AvgIpc) is 2.40. The van der Waals surface area contributed by atoms with Crippen molar-refractivity contribution in [2.75, 3.05) is 0 Å². The van der Waals surface area contributed by atoms with Crippen LogP contribution in [0.15, 0.2) is 38.3 Å². The van der Waals surface area contributed by atoms with Crippen LogP contribution in [-0.2, 0) is 20.7 Å². The van der Waals surface area contributed by atoms with E-state index in [2.05, 4.69) is 15.9 Å². The van der Waals surface area contributed by atoms with Crippen molar-refractivity contribution in [3.05, 3.63) is 61.1 Å². The minimum Gasteiger partial charge on any atom is -0.484 e. The fourth-order valence-corrected chi connectivity index (χ4v) is 1.99. The summed E-state index contributed by atoms with van der Waals surface area (Å²) >= 11 is 3.15. The van der Waals surface area contributed by atoms with Crippen LogP contribution in [0.2, 0.25) is 0 Å². The summed E-state index contributed by atoms with van der Waals surface area (Å²) in [6.45, 7) is -0.0691. The van der Waals surface area contributed by atoms with Crippen LogP contribution in [0.3, 0.4) is 0 Å². The SMILES string of the molecule is Cn1c(COc2ccc(Br)cc2F)cc(=O)n(C)c1=O. The first-order valence-electron chi connectivity index (χ1n) is 5.74. The van der Waals surface area contributed by atoms with Crippen molar-refractivity contribution in [1.82, 2.24) is 9.13 Å². The second-order valence-electron chi connectivity index (χ2n) is 4.24. The van der Waals surface area contributed by atoms with E-state index in [0.29, 0.717) is 10.2 Å². The van der Waals surface area contributed by atoms with Crippen molar-refractivity contribution in [2.45, 2.75) is 6.61 Å². The molecule has 2 rings (SSSR count). The third-order valence-corrected chi connectivity index (χ3v) is 3.39. The molecule has 0 radical (unpaired) electrons. The van der Waals surface area contributed by atoms with Crippen LogP contribution in [0, 0.1) is 5.82 Å². The number of halogens is 2. The Hall–Kier alpha value is -1.89. The molecule has 106 valence electrons. The highest BCUT2D eigenvalue weighted by atomic mass is 79.9. The lowest BCUT2D eigenvalue weighted by Gasteiger charge is -2.11. The maximum absolute atomic E-state index is 13.6. The molecular weight excluding hydrogens is 331 g/mol. The van der Waals surface area contributed by atoms with E-state index >= 15 is 0 Å². The van der Waals surface area contributed by atoms with E-state index in [-0.39, 0.29) is 12.4 Å². The zero-order valence-corrected chi connectivity index (χ0v) is 12.5. The number of benzene rings is 1. The molecule has 2 aromatic rings. The third kappa shape index (κ3) is 2.82. The molecule has 0 amide bonds. The molecule has 0 aliphatic heterocycles. The minimum absolute atomic E-state index is 0.0568. The molecule has 0 atom stereocenters. The van der Waals surface area contributed by atoms with Gasteiger partial charge in [0, 0.05) is 24.6 Å². The number of rotatable bonds is 3. The molecule has 5 nitrogen and oxygen atoms in total. The molecular formula is C13H12BrFN2O3. The van der Waals surface area contributed by atoms with Crippen LogP contribution < -0.4 is 16.0 Å². The minimum atomic E-state index is -0.520. The Labute approximate surface area is 122 Å². The van der Waals surface area contributed by atoms with Gasteiger partial charge in [-0.3, -0.25) is 13.9 Å². The summed E-state index contributed by atoms with van der Waals surface area (Å²) in [5.74, 6) is -0.463. The molecule has 0 saturated carbocycles. The first-order chi connectivity index (χ1) is 9.40. The molecule has 0 N–H and O–H groups in total. The van der Waals surface area contributed by atoms with Crippen LogP contribution in [-0.4, -0.2) is 9.13 Å². The average molecular weight is 343 g/mol. The van der Waals surface area contributed by atoms with E-state index in [9.17, 15) is 14.0 Å². The lowest BCUT2D eigenvalue weighted by Crippen LogP contribution is -2.38. The van der Waals surface area contributed by atoms with Crippen molar-refractivity contribution in [2.24, 2.45) is 14.1 Å². The fraction of sp³-hybridized carbons (Fsp3) is 0.231. The second kappa shape index (κ2) is 5.62. The maximum atomic E-state index is 13.6. The smallest absolute Gasteiger partial charge is 0.330 e. The lowest BCUT2D eigenvalue weighted by molar-refractivity contribution is 0.279. The molecule has 0 aliphatic rings. The number of nitrogens with zero attached hydrogens (tertiary/aromatic N) is 2. The summed E-state index contributed by atoms with van der Waals surface area (Å²) in [5, 5.41) is 0. The normalized spacial score (nSPS) is 10.6. The van der Waals surface area contributed by atoms with Crippen LogP contribution >= 0.6 is 15.9 Å². The van der Waals surface area contributed by atoms with Gasteiger partial charge in [-0.1, -0.05) is 15.9 Å². The van der Waals surface area contributed by atoms with E-state index in [4.69, 9.17) is 4.74 Å². The van der Waals surface area contributed by atoms with E-state index in [1.165, 1.54) is 36.9 Å². The van der Waals surface area contributed by atoms with Crippen molar-refractivity contribution in [1.29, 1.82) is 0 Å². The Morgan fingerprint density at radius 3 is 2.55 bits per heavy atom. The fourth-order valence-electron chi connectivity index (χ4n) is 1.66. The third-order valence-electron chi connectivity index (χ3n) is 2.89. The van der Waals surface area contributed by atoms with Crippen molar-refractivity contribution in [3.63, 3.8) is 0 Å². The molecule has 1 aromatic heterocycles. The number of ether oxygens (including phenoxy) is 1. The van der Waals surface area contributed by atoms with Gasteiger partial charge < -0.3 is 4.74 Å². The van der Waals surface area contributed by atoms with Gasteiger partial charge in [0.1, 0.15) is 6.61 Å². The number of hydrogen-bond acceptors (Lipinski definition) is 3. The monoisotopic (exact) mass is 342 g/mol. The Morgan fingerprint density at radius 2 is 1.90 bits per heavy atom. The molecule has 0 aliphatic carbocycles. The molecule has 1 aromatic carbocycles. The topological polar surface area (TPSA) is 53.2 Å². The lowest BCUT2D eigenvalue weighted by atomic mass is 10.3. The molecule has 0 spiro atoms. The van der Waals surface area contributed by atoms with Crippen LogP contribution in [0.25, 0.3) is 0 Å². The first kappa shape index (κ1) is 14.5. The highest BCUT2D eigenvalue weighted by Crippen LogP contribution is 2.22. The predicted octanol–water partition coefficient (Wildman–Crippen LogP) is 1.56. The highest BCUT2D eigenvalue weighted by molar-refractivity contribution is 9.10. The van der Waals surface area contributed by atoms with Crippen molar-refractivity contribution < 1.29 is 9.13 Å². The van der Waals surface area contributed by atoms with Crippen LogP contribution in [0.4, 0.5) is 4.39 Å². The molecule has 0 bridgehead atoms. The van der Waals surface area contributed by atoms with E-state index in [1.54, 1.807) is 6.07 Å². The van der Waals surface area contributed by atoms with Gasteiger partial charge in [0.2, 0.25) is 0 Å². The molecule has 0 fully saturated rings. The van der Waals surface area contributed by atoms with Gasteiger partial charge >= 0.3 is 5.69 Å². The Kier molecular flexibility index (Phi) is 4.08. The quantitative estimate of drug-likeness (QED) is 0.850. The Balaban J connectivity index is 2.28. The van der Waals surface area contributed by atoms with Gasteiger partial charge in [-0.2, -0.15) is 0 Å². The zero-order chi connectivity index (χ0) is 14.9. The van der Waals surface area contributed by atoms with Gasteiger partial charge in [-0.25, -0.2) is 9.18 Å². The summed E-state index contributed by atoms with van der Waals surface area (Å²) in [7, 11) is 2.92. The molecule has 0 saturated heterocycles. The summed E-state index contributed by atoms with van der Waals surface area (Å²) < 4.78 is 21.8. The summed E-state index contributed by atoms with van der Waals surface area (Å²) in [6.07, 6.45) is 0. The van der Waals surface area contributed by atoms with Gasteiger partial charge in [-0.05, 0) is 18.2 Å². The largest absolute Gasteiger partial charge is 0.484 e. The molecule has 0 unspecified atom stereocenters. The molecule has 20 heavy (non-hydrogen) atoms.